The summed E-state index contributed by atoms with van der Waals surface area (Å²) in [5.74, 6) is 0.544. The fourth-order valence-corrected chi connectivity index (χ4v) is 4.46. The van der Waals surface area contributed by atoms with Crippen LogP contribution < -0.4 is 0 Å². The molecule has 5 nitrogen and oxygen atoms in total. The molecule has 0 aliphatic rings. The number of nitrogens with one attached hydrogen (secondary N) is 1. The number of hydrogen-bond donors (Lipinski definition) is 1. The number of hydrogen-bond acceptors (Lipinski definition) is 4. The average molecular weight is 471 g/mol. The second kappa shape index (κ2) is 8.61. The molecule has 0 saturated heterocycles. The lowest BCUT2D eigenvalue weighted by atomic mass is 9.85. The van der Waals surface area contributed by atoms with Gasteiger partial charge in [0.1, 0.15) is 5.52 Å². The Morgan fingerprint density at radius 2 is 1.67 bits per heavy atom. The van der Waals surface area contributed by atoms with E-state index in [4.69, 9.17) is 14.4 Å². The first-order valence-electron chi connectivity index (χ1n) is 12.0. The summed E-state index contributed by atoms with van der Waals surface area (Å²) in [6.45, 7) is 6.58. The molecule has 0 saturated carbocycles. The molecule has 2 aromatic heterocycles. The number of benzene rings is 4. The highest BCUT2D eigenvalue weighted by Gasteiger charge is 2.21. The van der Waals surface area contributed by atoms with Crippen molar-refractivity contribution in [3.05, 3.63) is 102 Å². The smallest absolute Gasteiger partial charge is 0.229 e. The number of para-hydroxylation sites is 1. The van der Waals surface area contributed by atoms with Gasteiger partial charge in [-0.2, -0.15) is 5.10 Å². The number of nitrogens with zero attached hydrogens (tertiary/aromatic N) is 3. The van der Waals surface area contributed by atoms with E-state index in [-0.39, 0.29) is 5.41 Å². The summed E-state index contributed by atoms with van der Waals surface area (Å²) < 4.78 is 6.37. The lowest BCUT2D eigenvalue weighted by Crippen LogP contribution is -2.11. The second-order valence-corrected chi connectivity index (χ2v) is 9.95. The van der Waals surface area contributed by atoms with Crippen molar-refractivity contribution < 1.29 is 4.42 Å². The zero-order valence-corrected chi connectivity index (χ0v) is 20.5. The highest BCUT2D eigenvalue weighted by Crippen LogP contribution is 2.38. The minimum atomic E-state index is -0.0451. The molecule has 0 fully saturated rings. The number of aromatic nitrogens is 3. The van der Waals surface area contributed by atoms with Crippen LogP contribution in [-0.4, -0.2) is 21.4 Å². The predicted molar refractivity (Wildman–Crippen MR) is 147 cm³/mol. The molecule has 0 aliphatic heterocycles. The van der Waals surface area contributed by atoms with Crippen LogP contribution >= 0.6 is 0 Å². The third-order valence-electron chi connectivity index (χ3n) is 6.45. The molecule has 176 valence electrons. The van der Waals surface area contributed by atoms with Crippen LogP contribution in [0.4, 0.5) is 5.69 Å². The van der Waals surface area contributed by atoms with E-state index in [0.717, 1.165) is 39.2 Å². The molecule has 36 heavy (non-hydrogen) atoms. The first-order chi connectivity index (χ1) is 17.5. The molecule has 0 unspecified atom stereocenters. The van der Waals surface area contributed by atoms with E-state index >= 15 is 0 Å². The number of aliphatic imine (C=N–C) groups is 1. The van der Waals surface area contributed by atoms with E-state index in [9.17, 15) is 0 Å². The number of aromatic amines is 1. The summed E-state index contributed by atoms with van der Waals surface area (Å²) >= 11 is 0. The molecule has 4 aromatic carbocycles. The van der Waals surface area contributed by atoms with Gasteiger partial charge in [0.2, 0.25) is 5.89 Å². The van der Waals surface area contributed by atoms with Crippen LogP contribution in [-0.2, 0) is 5.41 Å². The molecule has 0 atom stereocenters. The van der Waals surface area contributed by atoms with Gasteiger partial charge in [-0.15, -0.1) is 0 Å². The Hall–Kier alpha value is -4.51. The van der Waals surface area contributed by atoms with Crippen molar-refractivity contribution >= 4 is 33.8 Å². The standard InChI is InChI=1S/C31H26N4O/c1-31(2,3)22-17-25(27-15-16-33-35-27)29-28(18-22)36-30(34-29)24-13-6-7-14-26(24)32-19-21-11-8-10-20-9-4-5-12-23(20)21/h4-19H,1-3H3,(H,33,35). The molecule has 2 heterocycles. The maximum atomic E-state index is 6.37. The van der Waals surface area contributed by atoms with E-state index in [1.807, 2.05) is 42.6 Å². The van der Waals surface area contributed by atoms with E-state index in [2.05, 4.69) is 79.5 Å². The van der Waals surface area contributed by atoms with Crippen molar-refractivity contribution in [3.8, 4) is 22.7 Å². The van der Waals surface area contributed by atoms with Gasteiger partial charge in [0.15, 0.2) is 5.58 Å². The third kappa shape index (κ3) is 3.99. The first kappa shape index (κ1) is 22.0. The summed E-state index contributed by atoms with van der Waals surface area (Å²) in [4.78, 5) is 9.80. The number of rotatable bonds is 4. The fraction of sp³-hybridized carbons (Fsp3) is 0.129. The first-order valence-corrected chi connectivity index (χ1v) is 12.0. The predicted octanol–water partition coefficient (Wildman–Crippen LogP) is 8.09. The van der Waals surface area contributed by atoms with Crippen molar-refractivity contribution in [1.82, 2.24) is 15.2 Å². The normalized spacial score (nSPS) is 12.2. The number of fused-ring (bicyclic) bond motifs is 2. The number of H-pyrrole nitrogens is 1. The Balaban J connectivity index is 1.48. The average Bonchev–Trinajstić information content (AvgIpc) is 3.57. The maximum Gasteiger partial charge on any atom is 0.229 e. The maximum absolute atomic E-state index is 6.37. The van der Waals surface area contributed by atoms with Crippen molar-refractivity contribution in [3.63, 3.8) is 0 Å². The van der Waals surface area contributed by atoms with Gasteiger partial charge in [0, 0.05) is 23.5 Å². The Morgan fingerprint density at radius 3 is 2.50 bits per heavy atom. The van der Waals surface area contributed by atoms with Crippen molar-refractivity contribution in [1.29, 1.82) is 0 Å². The molecule has 5 heteroatoms. The molecule has 0 spiro atoms. The summed E-state index contributed by atoms with van der Waals surface area (Å²) in [5.41, 5.74) is 7.27. The van der Waals surface area contributed by atoms with E-state index in [0.29, 0.717) is 5.89 Å². The van der Waals surface area contributed by atoms with Gasteiger partial charge in [0.05, 0.1) is 16.9 Å². The lowest BCUT2D eigenvalue weighted by Gasteiger charge is -2.19. The summed E-state index contributed by atoms with van der Waals surface area (Å²) in [7, 11) is 0. The van der Waals surface area contributed by atoms with E-state index in [1.54, 1.807) is 6.20 Å². The summed E-state index contributed by atoms with van der Waals surface area (Å²) in [5, 5.41) is 9.59. The van der Waals surface area contributed by atoms with Crippen LogP contribution in [0.25, 0.3) is 44.6 Å². The minimum absolute atomic E-state index is 0.0451. The molecular formula is C31H26N4O. The van der Waals surface area contributed by atoms with Gasteiger partial charge in [-0.25, -0.2) is 4.98 Å². The third-order valence-corrected chi connectivity index (χ3v) is 6.45. The van der Waals surface area contributed by atoms with Crippen LogP contribution in [0.5, 0.6) is 0 Å². The molecule has 0 aliphatic carbocycles. The van der Waals surface area contributed by atoms with Gasteiger partial charge in [-0.3, -0.25) is 10.1 Å². The Labute approximate surface area is 209 Å². The molecule has 0 bridgehead atoms. The lowest BCUT2D eigenvalue weighted by molar-refractivity contribution is 0.584. The van der Waals surface area contributed by atoms with Gasteiger partial charge >= 0.3 is 0 Å². The van der Waals surface area contributed by atoms with Crippen LogP contribution in [0.3, 0.4) is 0 Å². The van der Waals surface area contributed by atoms with Gasteiger partial charge in [0.25, 0.3) is 0 Å². The molecule has 1 N–H and O–H groups in total. The van der Waals surface area contributed by atoms with Crippen LogP contribution in [0.1, 0.15) is 31.9 Å². The van der Waals surface area contributed by atoms with Crippen molar-refractivity contribution in [2.75, 3.05) is 0 Å². The van der Waals surface area contributed by atoms with Gasteiger partial charge in [-0.05, 0) is 52.1 Å². The summed E-state index contributed by atoms with van der Waals surface area (Å²) in [6.07, 6.45) is 3.67. The molecule has 6 aromatic rings. The fourth-order valence-electron chi connectivity index (χ4n) is 4.46. The van der Waals surface area contributed by atoms with Crippen LogP contribution in [0.2, 0.25) is 0 Å². The van der Waals surface area contributed by atoms with Crippen molar-refractivity contribution in [2.45, 2.75) is 26.2 Å². The second-order valence-electron chi connectivity index (χ2n) is 9.95. The monoisotopic (exact) mass is 470 g/mol. The highest BCUT2D eigenvalue weighted by molar-refractivity contribution is 6.01. The van der Waals surface area contributed by atoms with E-state index in [1.165, 1.54) is 16.3 Å². The zero-order valence-electron chi connectivity index (χ0n) is 20.5. The largest absolute Gasteiger partial charge is 0.436 e. The molecule has 0 radical (unpaired) electrons. The number of oxazole rings is 1. The molecule has 0 amide bonds. The quantitative estimate of drug-likeness (QED) is 0.265. The van der Waals surface area contributed by atoms with Crippen LogP contribution in [0, 0.1) is 0 Å². The van der Waals surface area contributed by atoms with Gasteiger partial charge < -0.3 is 4.42 Å². The molecular weight excluding hydrogens is 444 g/mol. The summed E-state index contributed by atoms with van der Waals surface area (Å²) in [6, 6.07) is 28.8. The van der Waals surface area contributed by atoms with Crippen LogP contribution in [0.15, 0.2) is 101 Å². The minimum Gasteiger partial charge on any atom is -0.436 e. The van der Waals surface area contributed by atoms with Gasteiger partial charge in [-0.1, -0.05) is 75.4 Å². The highest BCUT2D eigenvalue weighted by atomic mass is 16.3. The van der Waals surface area contributed by atoms with E-state index < -0.39 is 0 Å². The Kier molecular flexibility index (Phi) is 5.26. The Morgan fingerprint density at radius 1 is 0.861 bits per heavy atom. The Bertz CT molecular complexity index is 1710. The van der Waals surface area contributed by atoms with Crippen molar-refractivity contribution in [2.24, 2.45) is 4.99 Å². The zero-order chi connectivity index (χ0) is 24.7. The topological polar surface area (TPSA) is 67.1 Å². The molecule has 6 rings (SSSR count). The SMILES string of the molecule is CC(C)(C)c1cc(-c2ccn[nH]2)c2nc(-c3ccccc3N=Cc3cccc4ccccc34)oc2c1.